The molecule has 9 heteroatoms. The minimum absolute atomic E-state index is 0.00466. The molecule has 1 aromatic heterocycles. The molecule has 2 amide bonds. The molecular formula is C29H40N2O6S. The number of fused-ring (bicyclic) bond motifs is 1. The Morgan fingerprint density at radius 2 is 1.97 bits per heavy atom. The molecule has 208 valence electrons. The van der Waals surface area contributed by atoms with Crippen LogP contribution in [0.5, 0.6) is 0 Å². The topological polar surface area (TPSA) is 94.2 Å². The second-order valence-electron chi connectivity index (χ2n) is 11.9. The zero-order valence-electron chi connectivity index (χ0n) is 23.1. The van der Waals surface area contributed by atoms with Gasteiger partial charge in [-0.3, -0.25) is 9.69 Å². The number of nitrogens with zero attached hydrogens (tertiary/aromatic N) is 1. The minimum Gasteiger partial charge on any atom is -0.444 e. The molecule has 0 radical (unpaired) electrons. The molecule has 4 rings (SSSR count). The SMILES string of the molecule is CC1CCC(C(=O)N2c3cc(C#CC(C)(C)C)sc3C(=O)OC2CCC(C)NC(=O)O[C@@H]2CCOC2)CC1. The summed E-state index contributed by atoms with van der Waals surface area (Å²) in [5.41, 5.74) is 0.413. The zero-order chi connectivity index (χ0) is 27.4. The second kappa shape index (κ2) is 12.1. The van der Waals surface area contributed by atoms with Gasteiger partial charge in [-0.15, -0.1) is 11.3 Å². The van der Waals surface area contributed by atoms with Crippen LogP contribution in [0.3, 0.4) is 0 Å². The van der Waals surface area contributed by atoms with Crippen molar-refractivity contribution in [2.75, 3.05) is 18.1 Å². The average molecular weight is 545 g/mol. The van der Waals surface area contributed by atoms with Crippen LogP contribution in [0.25, 0.3) is 0 Å². The van der Waals surface area contributed by atoms with Crippen molar-refractivity contribution in [2.24, 2.45) is 17.3 Å². The van der Waals surface area contributed by atoms with Crippen molar-refractivity contribution in [3.05, 3.63) is 15.8 Å². The van der Waals surface area contributed by atoms with Gasteiger partial charge in [-0.25, -0.2) is 9.59 Å². The average Bonchev–Trinajstić information content (AvgIpc) is 3.51. The molecule has 1 saturated carbocycles. The lowest BCUT2D eigenvalue weighted by Gasteiger charge is -2.38. The fourth-order valence-electron chi connectivity index (χ4n) is 5.01. The number of carbonyl (C=O) groups is 3. The van der Waals surface area contributed by atoms with E-state index < -0.39 is 18.3 Å². The van der Waals surface area contributed by atoms with E-state index in [2.05, 4.69) is 24.1 Å². The van der Waals surface area contributed by atoms with Gasteiger partial charge in [0.25, 0.3) is 0 Å². The summed E-state index contributed by atoms with van der Waals surface area (Å²) in [6.07, 6.45) is 3.86. The molecule has 1 aromatic rings. The van der Waals surface area contributed by atoms with Gasteiger partial charge < -0.3 is 19.5 Å². The van der Waals surface area contributed by atoms with Crippen LogP contribution in [0.15, 0.2) is 6.07 Å². The summed E-state index contributed by atoms with van der Waals surface area (Å²) in [7, 11) is 0. The number of rotatable bonds is 6. The summed E-state index contributed by atoms with van der Waals surface area (Å²) in [4.78, 5) is 42.0. The van der Waals surface area contributed by atoms with E-state index in [1.807, 2.05) is 33.8 Å². The van der Waals surface area contributed by atoms with Crippen LogP contribution in [0, 0.1) is 29.1 Å². The van der Waals surface area contributed by atoms with E-state index >= 15 is 0 Å². The lowest BCUT2D eigenvalue weighted by atomic mass is 9.82. The highest BCUT2D eigenvalue weighted by molar-refractivity contribution is 7.15. The predicted molar refractivity (Wildman–Crippen MR) is 146 cm³/mol. The van der Waals surface area contributed by atoms with Gasteiger partial charge in [0.05, 0.1) is 23.8 Å². The van der Waals surface area contributed by atoms with E-state index in [-0.39, 0.29) is 29.4 Å². The molecule has 3 aliphatic rings. The Bertz CT molecular complexity index is 1080. The Labute approximate surface area is 229 Å². The Balaban J connectivity index is 1.50. The van der Waals surface area contributed by atoms with Crippen molar-refractivity contribution < 1.29 is 28.6 Å². The van der Waals surface area contributed by atoms with Gasteiger partial charge in [-0.2, -0.15) is 0 Å². The van der Waals surface area contributed by atoms with Gasteiger partial charge in [0.1, 0.15) is 11.0 Å². The summed E-state index contributed by atoms with van der Waals surface area (Å²) < 4.78 is 16.5. The number of cyclic esters (lactones) is 1. The lowest BCUT2D eigenvalue weighted by Crippen LogP contribution is -2.50. The van der Waals surface area contributed by atoms with E-state index in [1.165, 1.54) is 11.3 Å². The molecule has 2 unspecified atom stereocenters. The molecule has 1 aliphatic carbocycles. The van der Waals surface area contributed by atoms with Crippen molar-refractivity contribution >= 4 is 35.0 Å². The molecule has 2 fully saturated rings. The maximum absolute atomic E-state index is 13.9. The molecule has 2 aliphatic heterocycles. The summed E-state index contributed by atoms with van der Waals surface area (Å²) in [6.45, 7) is 11.2. The Hall–Kier alpha value is -2.57. The van der Waals surface area contributed by atoms with Crippen LogP contribution in [0.1, 0.15) is 94.1 Å². The first-order valence-electron chi connectivity index (χ1n) is 13.8. The molecule has 1 N–H and O–H groups in total. The smallest absolute Gasteiger partial charge is 0.407 e. The van der Waals surface area contributed by atoms with E-state index in [0.29, 0.717) is 49.0 Å². The number of esters is 1. The van der Waals surface area contributed by atoms with Gasteiger partial charge in [0.2, 0.25) is 5.91 Å². The first-order valence-corrected chi connectivity index (χ1v) is 14.6. The molecule has 0 spiro atoms. The first-order chi connectivity index (χ1) is 18.0. The van der Waals surface area contributed by atoms with Crippen LogP contribution >= 0.6 is 11.3 Å². The molecule has 3 heterocycles. The maximum atomic E-state index is 13.9. The Morgan fingerprint density at radius 3 is 2.63 bits per heavy atom. The number of amides is 2. The minimum atomic E-state index is -0.733. The number of hydrogen-bond acceptors (Lipinski definition) is 7. The third-order valence-corrected chi connectivity index (χ3v) is 8.24. The van der Waals surface area contributed by atoms with E-state index in [0.717, 1.165) is 30.6 Å². The number of alkyl carbamates (subject to hydrolysis) is 1. The Kier molecular flexibility index (Phi) is 9.04. The van der Waals surface area contributed by atoms with E-state index in [1.54, 1.807) is 4.90 Å². The number of thiophene rings is 1. The quantitative estimate of drug-likeness (QED) is 0.376. The fourth-order valence-corrected chi connectivity index (χ4v) is 5.90. The summed E-state index contributed by atoms with van der Waals surface area (Å²) in [6, 6.07) is 1.63. The molecule has 1 saturated heterocycles. The van der Waals surface area contributed by atoms with E-state index in [4.69, 9.17) is 14.2 Å². The van der Waals surface area contributed by atoms with Gasteiger partial charge in [0.15, 0.2) is 6.23 Å². The molecule has 0 bridgehead atoms. The molecular weight excluding hydrogens is 504 g/mol. The van der Waals surface area contributed by atoms with Crippen LogP contribution < -0.4 is 10.2 Å². The normalized spacial score (nSPS) is 26.0. The number of carbonyl (C=O) groups excluding carboxylic acids is 3. The number of hydrogen-bond donors (Lipinski definition) is 1. The number of ether oxygens (including phenoxy) is 3. The zero-order valence-corrected chi connectivity index (χ0v) is 23.9. The molecule has 0 aromatic carbocycles. The van der Waals surface area contributed by atoms with Gasteiger partial charge >= 0.3 is 12.1 Å². The fraction of sp³-hybridized carbons (Fsp3) is 0.690. The van der Waals surface area contributed by atoms with Crippen LogP contribution in [-0.2, 0) is 19.0 Å². The third-order valence-electron chi connectivity index (χ3n) is 7.22. The number of nitrogens with one attached hydrogen (secondary N) is 1. The third kappa shape index (κ3) is 7.29. The maximum Gasteiger partial charge on any atom is 0.407 e. The molecule has 3 atom stereocenters. The highest BCUT2D eigenvalue weighted by Gasteiger charge is 2.41. The van der Waals surface area contributed by atoms with Crippen molar-refractivity contribution in [1.82, 2.24) is 5.32 Å². The predicted octanol–water partition coefficient (Wildman–Crippen LogP) is 5.49. The highest BCUT2D eigenvalue weighted by atomic mass is 32.1. The van der Waals surface area contributed by atoms with Crippen molar-refractivity contribution in [3.8, 4) is 11.8 Å². The molecule has 8 nitrogen and oxygen atoms in total. The first kappa shape index (κ1) is 28.4. The largest absolute Gasteiger partial charge is 0.444 e. The van der Waals surface area contributed by atoms with Crippen LogP contribution in [0.2, 0.25) is 0 Å². The van der Waals surface area contributed by atoms with E-state index in [9.17, 15) is 14.4 Å². The van der Waals surface area contributed by atoms with Gasteiger partial charge in [-0.05, 0) is 71.8 Å². The standard InChI is InChI=1S/C29H40N2O6S/c1-18-6-9-20(10-7-18)26(32)31-23-16-22(12-14-29(3,4)5)38-25(23)27(33)37-24(31)11-8-19(2)30-28(34)36-21-13-15-35-17-21/h16,18-21,24H,6-11,13,15,17H2,1-5H3,(H,30,34)/t18?,19?,20?,21-,24?/m1/s1. The second-order valence-corrected chi connectivity index (χ2v) is 12.9. The van der Waals surface area contributed by atoms with Gasteiger partial charge in [-0.1, -0.05) is 18.8 Å². The van der Waals surface area contributed by atoms with Gasteiger partial charge in [0, 0.05) is 30.2 Å². The molecule has 38 heavy (non-hydrogen) atoms. The Morgan fingerprint density at radius 1 is 1.24 bits per heavy atom. The van der Waals surface area contributed by atoms with Crippen LogP contribution in [-0.4, -0.2) is 49.6 Å². The summed E-state index contributed by atoms with van der Waals surface area (Å²) >= 11 is 1.28. The lowest BCUT2D eigenvalue weighted by molar-refractivity contribution is -0.126. The van der Waals surface area contributed by atoms with Crippen molar-refractivity contribution in [1.29, 1.82) is 0 Å². The summed E-state index contributed by atoms with van der Waals surface area (Å²) in [5.74, 6) is 6.49. The monoisotopic (exact) mass is 544 g/mol. The van der Waals surface area contributed by atoms with Crippen molar-refractivity contribution in [3.63, 3.8) is 0 Å². The van der Waals surface area contributed by atoms with Crippen molar-refractivity contribution in [2.45, 2.75) is 97.9 Å². The summed E-state index contributed by atoms with van der Waals surface area (Å²) in [5, 5.41) is 2.85. The number of anilines is 1. The highest BCUT2D eigenvalue weighted by Crippen LogP contribution is 2.40. The van der Waals surface area contributed by atoms with Crippen LogP contribution in [0.4, 0.5) is 10.5 Å².